The van der Waals surface area contributed by atoms with Crippen molar-refractivity contribution in [2.75, 3.05) is 11.6 Å². The van der Waals surface area contributed by atoms with E-state index in [1.807, 2.05) is 24.5 Å². The molecular weight excluding hydrogens is 336 g/mol. The lowest BCUT2D eigenvalue weighted by molar-refractivity contribution is 0.487. The smallest absolute Gasteiger partial charge is 0.152 e. The molecule has 18 heavy (non-hydrogen) atoms. The fourth-order valence-electron chi connectivity index (χ4n) is 1.47. The van der Waals surface area contributed by atoms with Crippen LogP contribution in [0, 0.1) is 0 Å². The quantitative estimate of drug-likeness (QED) is 0.804. The molecule has 0 aliphatic heterocycles. The van der Waals surface area contributed by atoms with E-state index in [1.54, 1.807) is 18.0 Å². The Kier molecular flexibility index (Phi) is 4.97. The molecule has 2 heterocycles. The molecule has 2 aromatic heterocycles. The monoisotopic (exact) mass is 346 g/mol. The van der Waals surface area contributed by atoms with Gasteiger partial charge in [0.25, 0.3) is 0 Å². The highest BCUT2D eigenvalue weighted by molar-refractivity contribution is 9.10. The van der Waals surface area contributed by atoms with Crippen LogP contribution in [-0.2, 0) is 12.3 Å². The summed E-state index contributed by atoms with van der Waals surface area (Å²) in [5.74, 6) is 2.76. The molecule has 6 heteroatoms. The zero-order valence-corrected chi connectivity index (χ0v) is 12.9. The lowest BCUT2D eigenvalue weighted by Crippen LogP contribution is -1.99. The Balaban J connectivity index is 1.99. The number of thioether (sulfide) groups is 1. The number of anilines is 1. The molecule has 0 unspecified atom stereocenters. The maximum absolute atomic E-state index is 5.99. The highest BCUT2D eigenvalue weighted by Gasteiger charge is 2.05. The van der Waals surface area contributed by atoms with Gasteiger partial charge in [-0.3, -0.25) is 0 Å². The molecule has 96 valence electrons. The topological polar surface area (TPSA) is 38.1 Å². The van der Waals surface area contributed by atoms with Gasteiger partial charge in [-0.05, 0) is 40.4 Å². The lowest BCUT2D eigenvalue weighted by Gasteiger charge is -2.06. The van der Waals surface area contributed by atoms with Crippen LogP contribution >= 0.6 is 39.3 Å². The van der Waals surface area contributed by atoms with Crippen LogP contribution in [0.15, 0.2) is 33.3 Å². The molecule has 0 atom stereocenters. The number of halogens is 2. The average molecular weight is 348 g/mol. The number of furan rings is 1. The maximum Gasteiger partial charge on any atom is 0.152 e. The third-order valence-corrected chi connectivity index (χ3v) is 3.57. The minimum atomic E-state index is 0.453. The number of nitrogens with zero attached hydrogens (tertiary/aromatic N) is 1. The fourth-order valence-corrected chi connectivity index (χ4v) is 2.41. The van der Waals surface area contributed by atoms with Gasteiger partial charge in [0.2, 0.25) is 0 Å². The summed E-state index contributed by atoms with van der Waals surface area (Å²) >= 11 is 11.1. The molecule has 0 spiro atoms. The van der Waals surface area contributed by atoms with Crippen LogP contribution in [0.2, 0.25) is 5.15 Å². The second-order valence-corrected chi connectivity index (χ2v) is 5.79. The predicted octanol–water partition coefficient (Wildman–Crippen LogP) is 4.57. The molecule has 3 nitrogen and oxygen atoms in total. The van der Waals surface area contributed by atoms with Gasteiger partial charge >= 0.3 is 0 Å². The van der Waals surface area contributed by atoms with Gasteiger partial charge in [-0.2, -0.15) is 11.8 Å². The first kappa shape index (κ1) is 13.8. The molecule has 0 amide bonds. The summed E-state index contributed by atoms with van der Waals surface area (Å²) in [4.78, 5) is 4.05. The molecule has 0 fully saturated rings. The summed E-state index contributed by atoms with van der Waals surface area (Å²) in [5, 5.41) is 3.65. The standard InChI is InChI=1S/C12H12BrClN2OS/c1-18-7-10-3-2-9(17-10)6-15-11-4-8(13)5-16-12(11)14/h2-5,15H,6-7H2,1H3. The van der Waals surface area contributed by atoms with Crippen molar-refractivity contribution >= 4 is 45.0 Å². The summed E-state index contributed by atoms with van der Waals surface area (Å²) in [6.07, 6.45) is 3.71. The van der Waals surface area contributed by atoms with E-state index in [4.69, 9.17) is 16.0 Å². The van der Waals surface area contributed by atoms with E-state index in [0.29, 0.717) is 11.7 Å². The van der Waals surface area contributed by atoms with Crippen LogP contribution in [0.5, 0.6) is 0 Å². The van der Waals surface area contributed by atoms with E-state index >= 15 is 0 Å². The van der Waals surface area contributed by atoms with Crippen molar-refractivity contribution in [3.63, 3.8) is 0 Å². The third kappa shape index (κ3) is 3.67. The Labute approximate surface area is 123 Å². The van der Waals surface area contributed by atoms with Crippen LogP contribution < -0.4 is 5.32 Å². The maximum atomic E-state index is 5.99. The van der Waals surface area contributed by atoms with Gasteiger partial charge in [0.05, 0.1) is 18.0 Å². The molecule has 0 saturated heterocycles. The van der Waals surface area contributed by atoms with Crippen molar-refractivity contribution in [1.29, 1.82) is 0 Å². The van der Waals surface area contributed by atoms with Gasteiger partial charge in [-0.15, -0.1) is 0 Å². The molecule has 2 aromatic rings. The molecule has 0 bridgehead atoms. The summed E-state index contributed by atoms with van der Waals surface area (Å²) in [6.45, 7) is 0.590. The Hall–Kier alpha value is -0.650. The molecule has 0 saturated carbocycles. The van der Waals surface area contributed by atoms with Crippen LogP contribution in [-0.4, -0.2) is 11.2 Å². The van der Waals surface area contributed by atoms with Gasteiger partial charge in [0.15, 0.2) is 5.15 Å². The molecule has 0 radical (unpaired) electrons. The first-order valence-corrected chi connectivity index (χ1v) is 7.87. The van der Waals surface area contributed by atoms with Gasteiger partial charge in [-0.1, -0.05) is 11.6 Å². The molecule has 0 aromatic carbocycles. The fraction of sp³-hybridized carbons (Fsp3) is 0.250. The summed E-state index contributed by atoms with van der Waals surface area (Å²) in [6, 6.07) is 5.85. The summed E-state index contributed by atoms with van der Waals surface area (Å²) in [5.41, 5.74) is 0.786. The van der Waals surface area contributed by atoms with Crippen LogP contribution in [0.1, 0.15) is 11.5 Å². The Morgan fingerprint density at radius 3 is 3.00 bits per heavy atom. The van der Waals surface area contributed by atoms with Gasteiger partial charge in [0.1, 0.15) is 11.5 Å². The summed E-state index contributed by atoms with van der Waals surface area (Å²) < 4.78 is 6.54. The highest BCUT2D eigenvalue weighted by atomic mass is 79.9. The van der Waals surface area contributed by atoms with E-state index in [0.717, 1.165) is 27.4 Å². The van der Waals surface area contributed by atoms with E-state index < -0.39 is 0 Å². The van der Waals surface area contributed by atoms with Gasteiger partial charge in [-0.25, -0.2) is 4.98 Å². The normalized spacial score (nSPS) is 10.6. The third-order valence-electron chi connectivity index (χ3n) is 2.26. The second kappa shape index (κ2) is 6.50. The number of aromatic nitrogens is 1. The molecule has 0 aliphatic rings. The number of nitrogens with one attached hydrogen (secondary N) is 1. The molecule has 2 rings (SSSR count). The zero-order valence-electron chi connectivity index (χ0n) is 9.74. The predicted molar refractivity (Wildman–Crippen MR) is 80.2 cm³/mol. The molecule has 0 aliphatic carbocycles. The van der Waals surface area contributed by atoms with Gasteiger partial charge in [0, 0.05) is 10.7 Å². The Bertz CT molecular complexity index is 533. The van der Waals surface area contributed by atoms with Crippen molar-refractivity contribution in [2.24, 2.45) is 0 Å². The van der Waals surface area contributed by atoms with Crippen LogP contribution in [0.4, 0.5) is 5.69 Å². The van der Waals surface area contributed by atoms with Crippen molar-refractivity contribution in [2.45, 2.75) is 12.3 Å². The average Bonchev–Trinajstić information content (AvgIpc) is 2.79. The van der Waals surface area contributed by atoms with Crippen LogP contribution in [0.3, 0.4) is 0 Å². The number of pyridine rings is 1. The minimum Gasteiger partial charge on any atom is -0.463 e. The second-order valence-electron chi connectivity index (χ2n) is 3.65. The van der Waals surface area contributed by atoms with Gasteiger partial charge < -0.3 is 9.73 Å². The SMILES string of the molecule is CSCc1ccc(CNc2cc(Br)cnc2Cl)o1. The first-order chi connectivity index (χ1) is 8.69. The molecular formula is C12H12BrClN2OS. The number of hydrogen-bond donors (Lipinski definition) is 1. The Morgan fingerprint density at radius 2 is 2.22 bits per heavy atom. The Morgan fingerprint density at radius 1 is 1.44 bits per heavy atom. The van der Waals surface area contributed by atoms with Crippen molar-refractivity contribution in [3.8, 4) is 0 Å². The minimum absolute atomic E-state index is 0.453. The van der Waals surface area contributed by atoms with E-state index in [9.17, 15) is 0 Å². The van der Waals surface area contributed by atoms with Crippen molar-refractivity contribution in [3.05, 3.63) is 45.5 Å². The van der Waals surface area contributed by atoms with E-state index in [-0.39, 0.29) is 0 Å². The van der Waals surface area contributed by atoms with Crippen LogP contribution in [0.25, 0.3) is 0 Å². The summed E-state index contributed by atoms with van der Waals surface area (Å²) in [7, 11) is 0. The largest absolute Gasteiger partial charge is 0.463 e. The zero-order chi connectivity index (χ0) is 13.0. The lowest BCUT2D eigenvalue weighted by atomic mass is 10.4. The highest BCUT2D eigenvalue weighted by Crippen LogP contribution is 2.24. The number of hydrogen-bond acceptors (Lipinski definition) is 4. The van der Waals surface area contributed by atoms with Crippen molar-refractivity contribution < 1.29 is 4.42 Å². The van der Waals surface area contributed by atoms with Crippen molar-refractivity contribution in [1.82, 2.24) is 4.98 Å². The first-order valence-electron chi connectivity index (χ1n) is 5.30. The van der Waals surface area contributed by atoms with E-state index in [2.05, 4.69) is 26.2 Å². The molecule has 1 N–H and O–H groups in total. The van der Waals surface area contributed by atoms with E-state index in [1.165, 1.54) is 0 Å². The number of rotatable bonds is 5.